The second-order valence-electron chi connectivity index (χ2n) is 5.66. The predicted molar refractivity (Wildman–Crippen MR) is 71.1 cm³/mol. The monoisotopic (exact) mass is 235 g/mol. The summed E-state index contributed by atoms with van der Waals surface area (Å²) in [7, 11) is 0. The number of halogens is 1. The molecule has 1 aromatic carbocycles. The second-order valence-corrected chi connectivity index (χ2v) is 6.10. The van der Waals surface area contributed by atoms with E-state index in [1.807, 2.05) is 6.07 Å². The molecule has 16 heavy (non-hydrogen) atoms. The quantitative estimate of drug-likeness (QED) is 0.678. The summed E-state index contributed by atoms with van der Waals surface area (Å²) in [6.07, 6.45) is 2.15. The van der Waals surface area contributed by atoms with Crippen LogP contribution in [0.5, 0.6) is 0 Å². The summed E-state index contributed by atoms with van der Waals surface area (Å²) >= 11 is 6.11. The van der Waals surface area contributed by atoms with E-state index < -0.39 is 0 Å². The second kappa shape index (κ2) is 3.81. The smallest absolute Gasteiger partial charge is 0.0498 e. The van der Waals surface area contributed by atoms with Crippen LogP contribution in [0.25, 0.3) is 10.9 Å². The number of hydrogen-bond acceptors (Lipinski definition) is 0. The number of hydrogen-bond donors (Lipinski definition) is 0. The van der Waals surface area contributed by atoms with Crippen LogP contribution in [0, 0.1) is 12.3 Å². The van der Waals surface area contributed by atoms with Crippen LogP contribution >= 0.6 is 11.6 Å². The van der Waals surface area contributed by atoms with E-state index in [1.54, 1.807) is 0 Å². The lowest BCUT2D eigenvalue weighted by Gasteiger charge is -2.20. The van der Waals surface area contributed by atoms with E-state index >= 15 is 0 Å². The summed E-state index contributed by atoms with van der Waals surface area (Å²) in [4.78, 5) is 0. The lowest BCUT2D eigenvalue weighted by Crippen LogP contribution is -2.14. The topological polar surface area (TPSA) is 4.93 Å². The molecule has 0 saturated carbocycles. The summed E-state index contributed by atoms with van der Waals surface area (Å²) in [5.41, 5.74) is 2.76. The Balaban J connectivity index is 2.56. The molecule has 2 heteroatoms. The minimum Gasteiger partial charge on any atom is -0.347 e. The summed E-state index contributed by atoms with van der Waals surface area (Å²) in [5.74, 6) is 0. The van der Waals surface area contributed by atoms with Crippen molar-refractivity contribution in [1.29, 1.82) is 0 Å². The molecule has 1 heterocycles. The molecular weight excluding hydrogens is 218 g/mol. The summed E-state index contributed by atoms with van der Waals surface area (Å²) < 4.78 is 2.29. The van der Waals surface area contributed by atoms with Gasteiger partial charge in [-0.25, -0.2) is 0 Å². The van der Waals surface area contributed by atoms with Crippen molar-refractivity contribution < 1.29 is 0 Å². The van der Waals surface area contributed by atoms with E-state index in [2.05, 4.69) is 50.6 Å². The molecule has 0 radical (unpaired) electrons. The average molecular weight is 236 g/mol. The van der Waals surface area contributed by atoms with Crippen LogP contribution < -0.4 is 0 Å². The largest absolute Gasteiger partial charge is 0.347 e. The van der Waals surface area contributed by atoms with Crippen LogP contribution in [-0.4, -0.2) is 4.57 Å². The fourth-order valence-electron chi connectivity index (χ4n) is 2.08. The predicted octanol–water partition coefficient (Wildman–Crippen LogP) is 4.65. The summed E-state index contributed by atoms with van der Waals surface area (Å²) in [6.45, 7) is 9.86. The maximum atomic E-state index is 6.11. The summed E-state index contributed by atoms with van der Waals surface area (Å²) in [6, 6.07) is 6.24. The van der Waals surface area contributed by atoms with Crippen molar-refractivity contribution >= 4 is 22.5 Å². The van der Waals surface area contributed by atoms with E-state index in [0.29, 0.717) is 0 Å². The zero-order valence-electron chi connectivity index (χ0n) is 10.3. The molecule has 0 saturated heterocycles. The highest BCUT2D eigenvalue weighted by molar-refractivity contribution is 6.31. The third-order valence-electron chi connectivity index (χ3n) is 2.71. The van der Waals surface area contributed by atoms with Crippen molar-refractivity contribution in [3.63, 3.8) is 0 Å². The third-order valence-corrected chi connectivity index (χ3v) is 2.92. The van der Waals surface area contributed by atoms with Gasteiger partial charge in [0.15, 0.2) is 0 Å². The molecule has 0 aliphatic carbocycles. The van der Waals surface area contributed by atoms with Gasteiger partial charge in [0.25, 0.3) is 0 Å². The first-order chi connectivity index (χ1) is 7.37. The van der Waals surface area contributed by atoms with Crippen molar-refractivity contribution in [3.05, 3.63) is 35.0 Å². The van der Waals surface area contributed by atoms with Gasteiger partial charge in [-0.05, 0) is 36.1 Å². The average Bonchev–Trinajstić information content (AvgIpc) is 2.46. The van der Waals surface area contributed by atoms with Gasteiger partial charge in [0.05, 0.1) is 0 Å². The number of benzene rings is 1. The van der Waals surface area contributed by atoms with Gasteiger partial charge < -0.3 is 4.57 Å². The number of aryl methyl sites for hydroxylation is 1. The van der Waals surface area contributed by atoms with Gasteiger partial charge in [0, 0.05) is 28.7 Å². The molecule has 2 aromatic rings. The van der Waals surface area contributed by atoms with Crippen molar-refractivity contribution in [1.82, 2.24) is 4.57 Å². The van der Waals surface area contributed by atoms with Gasteiger partial charge in [-0.3, -0.25) is 0 Å². The van der Waals surface area contributed by atoms with Crippen molar-refractivity contribution in [2.75, 3.05) is 0 Å². The van der Waals surface area contributed by atoms with Gasteiger partial charge in [-0.2, -0.15) is 0 Å². The van der Waals surface area contributed by atoms with Crippen molar-refractivity contribution in [2.24, 2.45) is 5.41 Å². The first kappa shape index (κ1) is 11.5. The van der Waals surface area contributed by atoms with Gasteiger partial charge in [-0.1, -0.05) is 32.4 Å². The van der Waals surface area contributed by atoms with Crippen LogP contribution in [0.3, 0.4) is 0 Å². The Bertz CT molecular complexity index is 517. The van der Waals surface area contributed by atoms with Crippen LogP contribution in [0.4, 0.5) is 0 Å². The Kier molecular flexibility index (Phi) is 2.75. The minimum absolute atomic E-state index is 0.280. The maximum Gasteiger partial charge on any atom is 0.0498 e. The Morgan fingerprint density at radius 3 is 2.56 bits per heavy atom. The van der Waals surface area contributed by atoms with E-state index in [9.17, 15) is 0 Å². The molecule has 0 atom stereocenters. The van der Waals surface area contributed by atoms with Crippen LogP contribution in [0.2, 0.25) is 5.02 Å². The van der Waals surface area contributed by atoms with E-state index in [1.165, 1.54) is 16.5 Å². The third kappa shape index (κ3) is 2.25. The first-order valence-electron chi connectivity index (χ1n) is 5.62. The zero-order valence-corrected chi connectivity index (χ0v) is 11.1. The van der Waals surface area contributed by atoms with Gasteiger partial charge in [0.1, 0.15) is 0 Å². The van der Waals surface area contributed by atoms with Crippen molar-refractivity contribution in [3.8, 4) is 0 Å². The molecule has 2 rings (SSSR count). The maximum absolute atomic E-state index is 6.11. The van der Waals surface area contributed by atoms with Crippen LogP contribution in [0.1, 0.15) is 26.3 Å². The Morgan fingerprint density at radius 1 is 1.25 bits per heavy atom. The summed E-state index contributed by atoms with van der Waals surface area (Å²) in [5, 5.41) is 2.12. The highest BCUT2D eigenvalue weighted by atomic mass is 35.5. The van der Waals surface area contributed by atoms with Gasteiger partial charge in [-0.15, -0.1) is 0 Å². The minimum atomic E-state index is 0.280. The fraction of sp³-hybridized carbons (Fsp3) is 0.429. The molecule has 0 bridgehead atoms. The van der Waals surface area contributed by atoms with E-state index in [-0.39, 0.29) is 5.41 Å². The van der Waals surface area contributed by atoms with Gasteiger partial charge in [0.2, 0.25) is 0 Å². The number of aromatic nitrogens is 1. The van der Waals surface area contributed by atoms with E-state index in [0.717, 1.165) is 11.6 Å². The Labute approximate surface area is 102 Å². The molecule has 1 aromatic heterocycles. The Morgan fingerprint density at radius 2 is 1.94 bits per heavy atom. The lowest BCUT2D eigenvalue weighted by atomic mass is 9.97. The highest BCUT2D eigenvalue weighted by Gasteiger charge is 2.13. The van der Waals surface area contributed by atoms with Crippen LogP contribution in [-0.2, 0) is 6.54 Å². The molecule has 1 nitrogen and oxygen atoms in total. The normalized spacial score (nSPS) is 12.3. The molecule has 0 aliphatic rings. The number of nitrogens with zero attached hydrogens (tertiary/aromatic N) is 1. The molecule has 0 unspecified atom stereocenters. The molecule has 0 N–H and O–H groups in total. The molecule has 0 spiro atoms. The lowest BCUT2D eigenvalue weighted by molar-refractivity contribution is 0.349. The SMILES string of the molecule is Cc1cc(Cl)cc2c1ccn2CC(C)(C)C. The number of fused-ring (bicyclic) bond motifs is 1. The Hall–Kier alpha value is -0.950. The molecule has 0 aliphatic heterocycles. The molecule has 0 fully saturated rings. The van der Waals surface area contributed by atoms with Gasteiger partial charge >= 0.3 is 0 Å². The highest BCUT2D eigenvalue weighted by Crippen LogP contribution is 2.27. The molecule has 0 amide bonds. The zero-order chi connectivity index (χ0) is 11.9. The molecule has 86 valence electrons. The first-order valence-corrected chi connectivity index (χ1v) is 6.00. The van der Waals surface area contributed by atoms with Crippen LogP contribution in [0.15, 0.2) is 24.4 Å². The fourth-order valence-corrected chi connectivity index (χ4v) is 2.35. The number of rotatable bonds is 1. The van der Waals surface area contributed by atoms with Crippen molar-refractivity contribution in [2.45, 2.75) is 34.2 Å². The van der Waals surface area contributed by atoms with E-state index in [4.69, 9.17) is 11.6 Å². The standard InChI is InChI=1S/C14H18ClN/c1-10-7-11(15)8-13-12(10)5-6-16(13)9-14(2,3)4/h5-8H,9H2,1-4H3. The molecular formula is C14H18ClN.